The number of rotatable bonds is 6. The number of esters is 1. The number of hydrogen-bond acceptors (Lipinski definition) is 5. The maximum atomic E-state index is 10.9. The smallest absolute Gasteiger partial charge is 0.748 e. The second kappa shape index (κ2) is 7.24. The standard InChI is InChI=1S/C9H14O5S.Na/c1-4-6-9(3,7-15(11,12)13)14-8(10)5-2;/h4-5H,1-2,6-7H2,3H3,(H,11,12,13);/q;+1/p-1. The second-order valence-electron chi connectivity index (χ2n) is 3.27. The molecule has 0 aromatic heterocycles. The number of hydrogen-bond donors (Lipinski definition) is 0. The van der Waals surface area contributed by atoms with Crippen molar-refractivity contribution in [3.63, 3.8) is 0 Å². The van der Waals surface area contributed by atoms with E-state index < -0.39 is 27.4 Å². The summed E-state index contributed by atoms with van der Waals surface area (Å²) >= 11 is 0. The molecule has 0 radical (unpaired) electrons. The van der Waals surface area contributed by atoms with Crippen LogP contribution in [0.1, 0.15) is 13.3 Å². The zero-order chi connectivity index (χ0) is 12.1. The summed E-state index contributed by atoms with van der Waals surface area (Å²) in [5, 5.41) is 0. The van der Waals surface area contributed by atoms with Crippen LogP contribution in [0.4, 0.5) is 0 Å². The number of carbonyl (C=O) groups is 1. The molecule has 0 heterocycles. The van der Waals surface area contributed by atoms with Crippen molar-refractivity contribution in [1.82, 2.24) is 0 Å². The first-order valence-electron chi connectivity index (χ1n) is 4.12. The van der Waals surface area contributed by atoms with Gasteiger partial charge in [0.15, 0.2) is 0 Å². The third-order valence-corrected chi connectivity index (χ3v) is 2.54. The van der Waals surface area contributed by atoms with Gasteiger partial charge in [-0.1, -0.05) is 12.7 Å². The quantitative estimate of drug-likeness (QED) is 0.174. The zero-order valence-electron chi connectivity index (χ0n) is 9.43. The molecular weight excluding hydrogens is 243 g/mol. The van der Waals surface area contributed by atoms with E-state index in [9.17, 15) is 17.8 Å². The van der Waals surface area contributed by atoms with Crippen molar-refractivity contribution in [3.8, 4) is 0 Å². The molecule has 0 amide bonds. The Morgan fingerprint density at radius 3 is 2.31 bits per heavy atom. The van der Waals surface area contributed by atoms with Crippen molar-refractivity contribution >= 4 is 16.1 Å². The Hall–Kier alpha value is -0.140. The van der Waals surface area contributed by atoms with E-state index >= 15 is 0 Å². The molecule has 0 saturated carbocycles. The van der Waals surface area contributed by atoms with Gasteiger partial charge in [-0.15, -0.1) is 6.58 Å². The summed E-state index contributed by atoms with van der Waals surface area (Å²) in [4.78, 5) is 10.9. The molecule has 0 fully saturated rings. The molecule has 0 saturated heterocycles. The van der Waals surface area contributed by atoms with Gasteiger partial charge in [-0.3, -0.25) is 0 Å². The molecule has 0 aliphatic rings. The predicted molar refractivity (Wildman–Crippen MR) is 54.1 cm³/mol. The van der Waals surface area contributed by atoms with Crippen LogP contribution in [0.2, 0.25) is 0 Å². The largest absolute Gasteiger partial charge is 1.00 e. The molecule has 0 aromatic carbocycles. The normalized spacial score (nSPS) is 14.1. The third-order valence-electron chi connectivity index (χ3n) is 1.57. The van der Waals surface area contributed by atoms with Gasteiger partial charge in [-0.05, 0) is 6.92 Å². The van der Waals surface area contributed by atoms with Gasteiger partial charge in [0, 0.05) is 12.5 Å². The Balaban J connectivity index is 0. The first-order chi connectivity index (χ1) is 6.72. The fourth-order valence-corrected chi connectivity index (χ4v) is 2.02. The maximum Gasteiger partial charge on any atom is 1.00 e. The summed E-state index contributed by atoms with van der Waals surface area (Å²) in [5.41, 5.74) is -1.38. The first kappa shape index (κ1) is 18.2. The Morgan fingerprint density at radius 2 is 2.00 bits per heavy atom. The van der Waals surface area contributed by atoms with E-state index in [0.29, 0.717) is 0 Å². The predicted octanol–water partition coefficient (Wildman–Crippen LogP) is -2.40. The molecule has 1 unspecified atom stereocenters. The maximum absolute atomic E-state index is 10.9. The van der Waals surface area contributed by atoms with Gasteiger partial charge >= 0.3 is 35.5 Å². The minimum Gasteiger partial charge on any atom is -0.748 e. The van der Waals surface area contributed by atoms with E-state index in [1.165, 1.54) is 13.0 Å². The topological polar surface area (TPSA) is 83.5 Å². The molecule has 0 aliphatic carbocycles. The SMILES string of the molecule is C=CCC(C)(CS(=O)(=O)[O-])OC(=O)C=C.[Na+]. The molecule has 5 nitrogen and oxygen atoms in total. The Kier molecular flexibility index (Phi) is 8.25. The number of ether oxygens (including phenoxy) is 1. The molecule has 0 bridgehead atoms. The van der Waals surface area contributed by atoms with E-state index in [4.69, 9.17) is 4.74 Å². The zero-order valence-corrected chi connectivity index (χ0v) is 12.2. The summed E-state index contributed by atoms with van der Waals surface area (Å²) < 4.78 is 36.5. The summed E-state index contributed by atoms with van der Waals surface area (Å²) in [6.07, 6.45) is 2.36. The van der Waals surface area contributed by atoms with Gasteiger partial charge in [0.2, 0.25) is 0 Å². The van der Waals surface area contributed by atoms with Gasteiger partial charge in [-0.2, -0.15) is 0 Å². The van der Waals surface area contributed by atoms with Crippen LogP contribution in [0.5, 0.6) is 0 Å². The molecule has 0 spiro atoms. The van der Waals surface area contributed by atoms with Crippen LogP contribution in [0.15, 0.2) is 25.3 Å². The summed E-state index contributed by atoms with van der Waals surface area (Å²) in [5.74, 6) is -1.56. The molecule has 86 valence electrons. The van der Waals surface area contributed by atoms with Crippen LogP contribution in [0.25, 0.3) is 0 Å². The van der Waals surface area contributed by atoms with E-state index in [1.54, 1.807) is 0 Å². The average Bonchev–Trinajstić information content (AvgIpc) is 2.00. The van der Waals surface area contributed by atoms with Crippen molar-refractivity contribution in [2.75, 3.05) is 5.75 Å². The average molecular weight is 256 g/mol. The van der Waals surface area contributed by atoms with Gasteiger partial charge in [0.25, 0.3) is 0 Å². The molecule has 0 aliphatic heterocycles. The van der Waals surface area contributed by atoms with E-state index in [0.717, 1.165) is 6.08 Å². The molecule has 7 heteroatoms. The fourth-order valence-electron chi connectivity index (χ4n) is 1.09. The number of carbonyl (C=O) groups excluding carboxylic acids is 1. The van der Waals surface area contributed by atoms with Crippen LogP contribution >= 0.6 is 0 Å². The van der Waals surface area contributed by atoms with Gasteiger partial charge in [-0.25, -0.2) is 13.2 Å². The van der Waals surface area contributed by atoms with Crippen LogP contribution in [0.3, 0.4) is 0 Å². The summed E-state index contributed by atoms with van der Waals surface area (Å²) in [6, 6.07) is 0. The Labute approximate surface area is 118 Å². The van der Waals surface area contributed by atoms with Crippen LogP contribution in [-0.4, -0.2) is 30.3 Å². The minimum atomic E-state index is -4.47. The molecule has 0 rings (SSSR count). The molecule has 1 atom stereocenters. The van der Waals surface area contributed by atoms with Crippen LogP contribution in [-0.2, 0) is 19.6 Å². The summed E-state index contributed by atoms with van der Waals surface area (Å²) in [7, 11) is -4.47. The van der Waals surface area contributed by atoms with Gasteiger partial charge in [0.05, 0.1) is 15.9 Å². The monoisotopic (exact) mass is 256 g/mol. The van der Waals surface area contributed by atoms with Crippen molar-refractivity contribution < 1.29 is 52.1 Å². The third kappa shape index (κ3) is 8.06. The van der Waals surface area contributed by atoms with E-state index in [2.05, 4.69) is 13.2 Å². The second-order valence-corrected chi connectivity index (χ2v) is 4.67. The van der Waals surface area contributed by atoms with Crippen molar-refractivity contribution in [3.05, 3.63) is 25.3 Å². The van der Waals surface area contributed by atoms with Crippen molar-refractivity contribution in [2.24, 2.45) is 0 Å². The van der Waals surface area contributed by atoms with Crippen LogP contribution in [0, 0.1) is 0 Å². The first-order valence-corrected chi connectivity index (χ1v) is 5.70. The van der Waals surface area contributed by atoms with E-state index in [1.807, 2.05) is 0 Å². The molecule has 0 N–H and O–H groups in total. The van der Waals surface area contributed by atoms with Gasteiger partial charge < -0.3 is 9.29 Å². The minimum absolute atomic E-state index is 0. The fraction of sp³-hybridized carbons (Fsp3) is 0.444. The van der Waals surface area contributed by atoms with Crippen molar-refractivity contribution in [1.29, 1.82) is 0 Å². The van der Waals surface area contributed by atoms with E-state index in [-0.39, 0.29) is 36.0 Å². The summed E-state index contributed by atoms with van der Waals surface area (Å²) in [6.45, 7) is 7.92. The van der Waals surface area contributed by atoms with Gasteiger partial charge in [0.1, 0.15) is 5.60 Å². The van der Waals surface area contributed by atoms with Crippen molar-refractivity contribution in [2.45, 2.75) is 18.9 Å². The van der Waals surface area contributed by atoms with Crippen LogP contribution < -0.4 is 29.6 Å². The Bertz CT molecular complexity index is 362. The molecular formula is C9H13NaO5S. The molecule has 16 heavy (non-hydrogen) atoms. The molecule has 0 aromatic rings. The Morgan fingerprint density at radius 1 is 1.50 bits per heavy atom.